The molecule has 7 N–H and O–H groups in total. The van der Waals surface area contributed by atoms with Crippen molar-refractivity contribution >= 4 is 34.1 Å². The van der Waals surface area contributed by atoms with Gasteiger partial charge in [-0.2, -0.15) is 5.10 Å². The number of methoxy groups -OCH3 is 1. The molecule has 65 heavy (non-hydrogen) atoms. The van der Waals surface area contributed by atoms with E-state index in [-0.39, 0.29) is 57.4 Å². The number of aliphatic hydroxyl groups excluding tert-OH is 2. The lowest BCUT2D eigenvalue weighted by atomic mass is 9.78. The van der Waals surface area contributed by atoms with E-state index in [4.69, 9.17) is 18.9 Å². The molecule has 9 atom stereocenters. The minimum absolute atomic E-state index is 0.0386. The summed E-state index contributed by atoms with van der Waals surface area (Å²) in [6, 6.07) is 9.59. The number of amides is 1. The van der Waals surface area contributed by atoms with Gasteiger partial charge in [-0.25, -0.2) is 4.68 Å². The molecule has 0 fully saturated rings. The van der Waals surface area contributed by atoms with Gasteiger partial charge in [0.25, 0.3) is 11.7 Å². The molecule has 0 aliphatic carbocycles. The van der Waals surface area contributed by atoms with Gasteiger partial charge in [-0.3, -0.25) is 14.4 Å². The molecule has 3 aliphatic rings. The maximum absolute atomic E-state index is 14.5. The third-order valence-electron chi connectivity index (χ3n) is 12.7. The second kappa shape index (κ2) is 19.9. The minimum atomic E-state index is -2.04. The van der Waals surface area contributed by atoms with Gasteiger partial charge in [-0.05, 0) is 56.7 Å². The van der Waals surface area contributed by atoms with E-state index in [1.54, 1.807) is 57.6 Å². The molecule has 0 radical (unpaired) electrons. The van der Waals surface area contributed by atoms with Crippen LogP contribution in [0.4, 0.5) is 5.69 Å². The zero-order valence-corrected chi connectivity index (χ0v) is 38.2. The number of ether oxygens (including phenoxy) is 4. The van der Waals surface area contributed by atoms with E-state index in [0.29, 0.717) is 6.54 Å². The van der Waals surface area contributed by atoms with Crippen molar-refractivity contribution in [2.45, 2.75) is 98.6 Å². The van der Waals surface area contributed by atoms with Gasteiger partial charge in [-0.1, -0.05) is 58.1 Å². The Morgan fingerprint density at radius 2 is 1.66 bits per heavy atom. The molecular weight excluding hydrogens is 837 g/mol. The molecule has 4 heterocycles. The van der Waals surface area contributed by atoms with Crippen LogP contribution in [-0.4, -0.2) is 96.8 Å². The molecular formula is C49H60N4O12. The van der Waals surface area contributed by atoms with Gasteiger partial charge in [0.15, 0.2) is 5.75 Å². The van der Waals surface area contributed by atoms with Crippen LogP contribution in [0.2, 0.25) is 0 Å². The van der Waals surface area contributed by atoms with Crippen molar-refractivity contribution in [3.63, 3.8) is 0 Å². The number of fused-ring (bicyclic) bond motifs is 14. The number of hydrogen-bond donors (Lipinski definition) is 7. The third-order valence-corrected chi connectivity index (χ3v) is 12.7. The number of ketones is 1. The summed E-state index contributed by atoms with van der Waals surface area (Å²) in [5, 5.41) is 68.7. The maximum atomic E-state index is 14.5. The van der Waals surface area contributed by atoms with Crippen LogP contribution in [0, 0.1) is 30.6 Å². The lowest BCUT2D eigenvalue weighted by Gasteiger charge is -2.38. The quantitative estimate of drug-likeness (QED) is 0.0448. The predicted octanol–water partition coefficient (Wildman–Crippen LogP) is 6.27. The van der Waals surface area contributed by atoms with Crippen LogP contribution >= 0.6 is 0 Å². The summed E-state index contributed by atoms with van der Waals surface area (Å²) in [6.07, 6.45) is 7.18. The number of carbonyl (C=O) groups is 3. The second-order valence-electron chi connectivity index (χ2n) is 17.2. The first-order valence-corrected chi connectivity index (χ1v) is 21.7. The Hall–Kier alpha value is -6.20. The molecule has 4 aromatic rings. The molecule has 5 bridgehead atoms. The Kier molecular flexibility index (Phi) is 14.8. The number of phenols is 3. The van der Waals surface area contributed by atoms with E-state index in [1.807, 2.05) is 36.5 Å². The number of hydrogen-bond acceptors (Lipinski definition) is 14. The summed E-state index contributed by atoms with van der Waals surface area (Å²) in [5.74, 6) is -8.16. The van der Waals surface area contributed by atoms with E-state index in [2.05, 4.69) is 15.7 Å². The summed E-state index contributed by atoms with van der Waals surface area (Å²) < 4.78 is 25.5. The average Bonchev–Trinajstić information content (AvgIpc) is 3.92. The fourth-order valence-corrected chi connectivity index (χ4v) is 8.66. The molecule has 3 aromatic carbocycles. The summed E-state index contributed by atoms with van der Waals surface area (Å²) in [5.41, 5.74) is 1.84. The minimum Gasteiger partial charge on any atom is -0.507 e. The second-order valence-corrected chi connectivity index (χ2v) is 17.2. The molecule has 0 saturated carbocycles. The molecule has 16 nitrogen and oxygen atoms in total. The first kappa shape index (κ1) is 48.3. The zero-order valence-electron chi connectivity index (χ0n) is 38.2. The lowest BCUT2D eigenvalue weighted by Crippen LogP contribution is -2.46. The normalized spacial score (nSPS) is 28.3. The van der Waals surface area contributed by atoms with Crippen molar-refractivity contribution in [2.75, 3.05) is 19.0 Å². The van der Waals surface area contributed by atoms with Gasteiger partial charge in [0.1, 0.15) is 23.4 Å². The highest BCUT2D eigenvalue weighted by Crippen LogP contribution is 2.55. The number of aromatic hydroxyl groups is 3. The maximum Gasteiger partial charge on any atom is 0.312 e. The van der Waals surface area contributed by atoms with Gasteiger partial charge in [0.05, 0.1) is 46.9 Å². The highest BCUT2D eigenvalue weighted by atomic mass is 16.7. The molecule has 3 aliphatic heterocycles. The first-order chi connectivity index (χ1) is 30.8. The Balaban J connectivity index is 1.43. The Labute approximate surface area is 378 Å². The van der Waals surface area contributed by atoms with Gasteiger partial charge in [0.2, 0.25) is 0 Å². The van der Waals surface area contributed by atoms with E-state index < -0.39 is 88.8 Å². The smallest absolute Gasteiger partial charge is 0.312 e. The fourth-order valence-electron chi connectivity index (χ4n) is 8.66. The van der Waals surface area contributed by atoms with Crippen molar-refractivity contribution in [1.82, 2.24) is 15.1 Å². The number of nitrogens with one attached hydrogen (secondary N) is 2. The summed E-state index contributed by atoms with van der Waals surface area (Å²) in [6.45, 7) is 13.2. The number of allylic oxidation sites excluding steroid dienone is 2. The third kappa shape index (κ3) is 9.76. The number of phenolic OH excluding ortho intramolecular Hbond substituents is 3. The van der Waals surface area contributed by atoms with Gasteiger partial charge >= 0.3 is 11.8 Å². The molecule has 348 valence electrons. The van der Waals surface area contributed by atoms with Crippen molar-refractivity contribution < 1.29 is 58.9 Å². The number of nitrogens with zero attached hydrogens (tertiary/aromatic N) is 2. The van der Waals surface area contributed by atoms with Crippen molar-refractivity contribution in [3.05, 3.63) is 101 Å². The average molecular weight is 897 g/mol. The molecule has 0 saturated heterocycles. The number of Topliss-reactive ketones (excluding diaryl/α,β-unsaturated/α-hetero) is 1. The van der Waals surface area contributed by atoms with Crippen LogP contribution in [0.15, 0.2) is 78.9 Å². The fraction of sp³-hybridized carbons (Fsp3) is 0.429. The summed E-state index contributed by atoms with van der Waals surface area (Å²) in [4.78, 5) is 40.8. The van der Waals surface area contributed by atoms with Gasteiger partial charge in [-0.15, -0.1) is 0 Å². The van der Waals surface area contributed by atoms with Crippen LogP contribution in [0.1, 0.15) is 75.5 Å². The van der Waals surface area contributed by atoms with Crippen LogP contribution in [-0.2, 0) is 36.8 Å². The molecule has 7 rings (SSSR count). The number of aromatic nitrogens is 2. The number of benzene rings is 3. The molecule has 0 spiro atoms. The Morgan fingerprint density at radius 3 is 2.31 bits per heavy atom. The molecule has 0 unspecified atom stereocenters. The summed E-state index contributed by atoms with van der Waals surface area (Å²) in [7, 11) is 1.44. The van der Waals surface area contributed by atoms with Crippen LogP contribution < -0.4 is 15.4 Å². The predicted molar refractivity (Wildman–Crippen MR) is 243 cm³/mol. The number of aliphatic hydroxyl groups is 2. The highest BCUT2D eigenvalue weighted by molar-refractivity contribution is 6.22. The number of anilines is 1. The van der Waals surface area contributed by atoms with Gasteiger partial charge < -0.3 is 55.1 Å². The topological polar surface area (TPSA) is 231 Å². The monoisotopic (exact) mass is 896 g/mol. The summed E-state index contributed by atoms with van der Waals surface area (Å²) >= 11 is 0. The number of carbonyl (C=O) groups excluding carboxylic acids is 3. The SMILES string of the molecule is CO[C@H]1/C=C/O[C@@]2(C)Oc3c(C)c(O)c4c(O)c(c(CCNCc5ccc(-n6cccn6)cc5)c(O)c4c3C2=O)NC(=O)/C(C)=C\C=C\[C@H](C)[C@H](O)[C@@H](C)[C@@H](O)[C@@H](C)[C@H](OC(C)=O)[C@@H]1C. The van der Waals surface area contributed by atoms with E-state index in [9.17, 15) is 39.9 Å². The van der Waals surface area contributed by atoms with Crippen molar-refractivity contribution in [2.24, 2.45) is 23.7 Å². The largest absolute Gasteiger partial charge is 0.507 e. The standard InChI is InChI=1S/C49H60N4O12/c1-25-12-10-13-26(2)48(61)52-39-34(18-21-50-24-32-14-16-33(17-15-32)53-22-11-20-51-53)43(58)36-37(44(39)59)42(57)30(6)46-38(36)47(60)49(8,65-46)63-23-19-35(62-9)27(3)45(64-31(7)54)29(5)41(56)28(4)40(25)55/h10-17,19-20,22-23,25,27-29,35,40-41,45,50,55-59H,18,21,24H2,1-9H3,(H,52,61)/b12-10+,23-19+,26-13-/t25-,27+,28+,29+,35-,40-,41+,45+,49-/m0/s1. The first-order valence-electron chi connectivity index (χ1n) is 21.7. The number of esters is 1. The zero-order chi connectivity index (χ0) is 47.5. The van der Waals surface area contributed by atoms with Crippen LogP contribution in [0.25, 0.3) is 16.5 Å². The van der Waals surface area contributed by atoms with E-state index in [0.717, 1.165) is 11.3 Å². The highest BCUT2D eigenvalue weighted by Gasteiger charge is 2.50. The van der Waals surface area contributed by atoms with E-state index >= 15 is 0 Å². The van der Waals surface area contributed by atoms with Gasteiger partial charge in [0, 0.05) is 85.7 Å². The molecule has 1 amide bonds. The molecule has 1 aromatic heterocycles. The Morgan fingerprint density at radius 1 is 0.954 bits per heavy atom. The van der Waals surface area contributed by atoms with Crippen molar-refractivity contribution in [3.8, 4) is 28.7 Å². The number of rotatable bonds is 8. The van der Waals surface area contributed by atoms with Crippen LogP contribution in [0.5, 0.6) is 23.0 Å². The Bertz CT molecular complexity index is 2500. The van der Waals surface area contributed by atoms with Crippen LogP contribution in [0.3, 0.4) is 0 Å². The van der Waals surface area contributed by atoms with Crippen molar-refractivity contribution in [1.29, 1.82) is 0 Å². The molecule has 16 heteroatoms. The lowest BCUT2D eigenvalue weighted by molar-refractivity contribution is -0.160. The van der Waals surface area contributed by atoms with E-state index in [1.165, 1.54) is 46.3 Å².